The van der Waals surface area contributed by atoms with Gasteiger partial charge in [-0.25, -0.2) is 0 Å². The van der Waals surface area contributed by atoms with Crippen LogP contribution in [0, 0.1) is 0 Å². The SMILES string of the molecule is COc1cc(OC)c(CN(C)C(=O)c2nn(C)c3c2CSc2ccccc2-3)cc1Cl. The number of ether oxygens (including phenoxy) is 2. The Labute approximate surface area is 184 Å². The average molecular weight is 444 g/mol. The quantitative estimate of drug-likeness (QED) is 0.575. The van der Waals surface area contributed by atoms with Crippen molar-refractivity contribution in [3.63, 3.8) is 0 Å². The van der Waals surface area contributed by atoms with Gasteiger partial charge < -0.3 is 14.4 Å². The Morgan fingerprint density at radius 3 is 2.70 bits per heavy atom. The van der Waals surface area contributed by atoms with Crippen LogP contribution in [0.25, 0.3) is 11.3 Å². The lowest BCUT2D eigenvalue weighted by Gasteiger charge is -2.20. The Bertz CT molecular complexity index is 1130. The van der Waals surface area contributed by atoms with Crippen LogP contribution >= 0.6 is 23.4 Å². The van der Waals surface area contributed by atoms with Gasteiger partial charge in [0, 0.05) is 54.0 Å². The van der Waals surface area contributed by atoms with E-state index in [1.165, 1.54) is 4.90 Å². The molecule has 0 fully saturated rings. The minimum absolute atomic E-state index is 0.138. The smallest absolute Gasteiger partial charge is 0.274 e. The van der Waals surface area contributed by atoms with Gasteiger partial charge in [-0.2, -0.15) is 5.10 Å². The van der Waals surface area contributed by atoms with Gasteiger partial charge in [0.15, 0.2) is 5.69 Å². The fraction of sp³-hybridized carbons (Fsp3) is 0.273. The predicted octanol–water partition coefficient (Wildman–Crippen LogP) is 4.64. The van der Waals surface area contributed by atoms with Gasteiger partial charge in [0.05, 0.1) is 24.9 Å². The summed E-state index contributed by atoms with van der Waals surface area (Å²) in [5, 5.41) is 5.05. The lowest BCUT2D eigenvalue weighted by Crippen LogP contribution is -2.27. The first-order valence-electron chi connectivity index (χ1n) is 9.38. The Balaban J connectivity index is 1.65. The Morgan fingerprint density at radius 1 is 1.23 bits per heavy atom. The molecule has 0 bridgehead atoms. The second kappa shape index (κ2) is 8.24. The summed E-state index contributed by atoms with van der Waals surface area (Å²) in [6, 6.07) is 11.7. The molecule has 1 aliphatic rings. The summed E-state index contributed by atoms with van der Waals surface area (Å²) < 4.78 is 12.5. The summed E-state index contributed by atoms with van der Waals surface area (Å²) >= 11 is 8.01. The molecule has 1 aliphatic heterocycles. The molecule has 0 aliphatic carbocycles. The molecule has 0 saturated carbocycles. The molecule has 0 atom stereocenters. The summed E-state index contributed by atoms with van der Waals surface area (Å²) in [6.45, 7) is 0.334. The molecule has 4 rings (SSSR count). The second-order valence-corrected chi connectivity index (χ2v) is 8.47. The first-order chi connectivity index (χ1) is 14.4. The van der Waals surface area contributed by atoms with Crippen molar-refractivity contribution in [1.82, 2.24) is 14.7 Å². The zero-order valence-corrected chi connectivity index (χ0v) is 18.8. The number of aromatic nitrogens is 2. The van der Waals surface area contributed by atoms with Crippen molar-refractivity contribution < 1.29 is 14.3 Å². The fourth-order valence-electron chi connectivity index (χ4n) is 3.71. The molecule has 0 radical (unpaired) electrons. The summed E-state index contributed by atoms with van der Waals surface area (Å²) in [7, 11) is 6.77. The molecular formula is C22H22ClN3O3S. The zero-order valence-electron chi connectivity index (χ0n) is 17.2. The normalized spacial score (nSPS) is 12.2. The lowest BCUT2D eigenvalue weighted by molar-refractivity contribution is 0.0777. The molecule has 6 nitrogen and oxygen atoms in total. The van der Waals surface area contributed by atoms with Crippen molar-refractivity contribution in [2.75, 3.05) is 21.3 Å². The van der Waals surface area contributed by atoms with Gasteiger partial charge in [-0.05, 0) is 12.1 Å². The van der Waals surface area contributed by atoms with Crippen LogP contribution in [0.4, 0.5) is 0 Å². The van der Waals surface area contributed by atoms with E-state index >= 15 is 0 Å². The predicted molar refractivity (Wildman–Crippen MR) is 119 cm³/mol. The number of thioether (sulfide) groups is 1. The van der Waals surface area contributed by atoms with Gasteiger partial charge in [-0.3, -0.25) is 9.48 Å². The van der Waals surface area contributed by atoms with E-state index in [0.717, 1.165) is 22.4 Å². The lowest BCUT2D eigenvalue weighted by atomic mass is 10.1. The Hall–Kier alpha value is -2.64. The van der Waals surface area contributed by atoms with Gasteiger partial charge in [0.1, 0.15) is 11.5 Å². The highest BCUT2D eigenvalue weighted by atomic mass is 35.5. The highest BCUT2D eigenvalue weighted by Crippen LogP contribution is 2.42. The number of amides is 1. The molecular weight excluding hydrogens is 422 g/mol. The number of benzene rings is 2. The molecule has 3 aromatic rings. The van der Waals surface area contributed by atoms with Crippen molar-refractivity contribution in [3.05, 3.63) is 58.2 Å². The standard InChI is InChI=1S/C22H22ClN3O3S/c1-25(11-13-9-16(23)18(29-4)10-17(13)28-3)22(27)20-15-12-30-19-8-6-5-7-14(19)21(15)26(2)24-20/h5-10H,11-12H2,1-4H3. The third-order valence-corrected chi connectivity index (χ3v) is 6.57. The van der Waals surface area contributed by atoms with Gasteiger partial charge in [-0.1, -0.05) is 29.8 Å². The maximum Gasteiger partial charge on any atom is 0.274 e. The molecule has 8 heteroatoms. The third kappa shape index (κ3) is 3.52. The topological polar surface area (TPSA) is 56.6 Å². The first-order valence-corrected chi connectivity index (χ1v) is 10.7. The number of fused-ring (bicyclic) bond motifs is 3. The van der Waals surface area contributed by atoms with Gasteiger partial charge in [-0.15, -0.1) is 11.8 Å². The number of hydrogen-bond acceptors (Lipinski definition) is 5. The first kappa shape index (κ1) is 20.6. The molecule has 1 aromatic heterocycles. The van der Waals surface area contributed by atoms with E-state index in [1.54, 1.807) is 54.7 Å². The third-order valence-electron chi connectivity index (χ3n) is 5.17. The van der Waals surface area contributed by atoms with Crippen LogP contribution in [0.5, 0.6) is 11.5 Å². The van der Waals surface area contributed by atoms with Crippen molar-refractivity contribution in [1.29, 1.82) is 0 Å². The number of aryl methyl sites for hydroxylation is 1. The van der Waals surface area contributed by atoms with Crippen molar-refractivity contribution in [2.24, 2.45) is 7.05 Å². The highest BCUT2D eigenvalue weighted by Gasteiger charge is 2.29. The molecule has 0 spiro atoms. The molecule has 2 aromatic carbocycles. The van der Waals surface area contributed by atoms with Crippen molar-refractivity contribution in [3.8, 4) is 22.8 Å². The van der Waals surface area contributed by atoms with E-state index in [0.29, 0.717) is 34.5 Å². The molecule has 30 heavy (non-hydrogen) atoms. The zero-order chi connectivity index (χ0) is 21.4. The van der Waals surface area contributed by atoms with Crippen LogP contribution in [0.2, 0.25) is 5.02 Å². The molecule has 1 amide bonds. The summed E-state index contributed by atoms with van der Waals surface area (Å²) in [6.07, 6.45) is 0. The highest BCUT2D eigenvalue weighted by molar-refractivity contribution is 7.98. The minimum Gasteiger partial charge on any atom is -0.496 e. The number of methoxy groups -OCH3 is 2. The minimum atomic E-state index is -0.138. The van der Waals surface area contributed by atoms with Crippen LogP contribution in [-0.4, -0.2) is 41.9 Å². The maximum absolute atomic E-state index is 13.3. The molecule has 0 unspecified atom stereocenters. The van der Waals surface area contributed by atoms with E-state index in [9.17, 15) is 4.79 Å². The second-order valence-electron chi connectivity index (χ2n) is 7.04. The number of halogens is 1. The van der Waals surface area contributed by atoms with E-state index in [4.69, 9.17) is 21.1 Å². The number of rotatable bonds is 5. The molecule has 0 saturated heterocycles. The average Bonchev–Trinajstić information content (AvgIpc) is 3.10. The summed E-state index contributed by atoms with van der Waals surface area (Å²) in [4.78, 5) is 16.1. The largest absolute Gasteiger partial charge is 0.496 e. The van der Waals surface area contributed by atoms with E-state index in [2.05, 4.69) is 17.2 Å². The van der Waals surface area contributed by atoms with E-state index < -0.39 is 0 Å². The number of nitrogens with zero attached hydrogens (tertiary/aromatic N) is 3. The Kier molecular flexibility index (Phi) is 5.66. The van der Waals surface area contributed by atoms with Crippen LogP contribution < -0.4 is 9.47 Å². The van der Waals surface area contributed by atoms with Gasteiger partial charge in [0.2, 0.25) is 0 Å². The van der Waals surface area contributed by atoms with Crippen LogP contribution in [-0.2, 0) is 19.3 Å². The fourth-order valence-corrected chi connectivity index (χ4v) is 5.04. The number of hydrogen-bond donors (Lipinski definition) is 0. The van der Waals surface area contributed by atoms with Gasteiger partial charge >= 0.3 is 0 Å². The monoisotopic (exact) mass is 443 g/mol. The van der Waals surface area contributed by atoms with Crippen LogP contribution in [0.15, 0.2) is 41.3 Å². The van der Waals surface area contributed by atoms with Crippen LogP contribution in [0.3, 0.4) is 0 Å². The van der Waals surface area contributed by atoms with E-state index in [1.807, 2.05) is 19.2 Å². The molecule has 2 heterocycles. The molecule has 156 valence electrons. The number of carbonyl (C=O) groups is 1. The van der Waals surface area contributed by atoms with E-state index in [-0.39, 0.29) is 5.91 Å². The van der Waals surface area contributed by atoms with Gasteiger partial charge in [0.25, 0.3) is 5.91 Å². The summed E-state index contributed by atoms with van der Waals surface area (Å²) in [5.74, 6) is 1.72. The van der Waals surface area contributed by atoms with Crippen molar-refractivity contribution in [2.45, 2.75) is 17.2 Å². The Morgan fingerprint density at radius 2 is 1.97 bits per heavy atom. The maximum atomic E-state index is 13.3. The van der Waals surface area contributed by atoms with Crippen molar-refractivity contribution >= 4 is 29.3 Å². The number of carbonyl (C=O) groups excluding carboxylic acids is 1. The molecule has 0 N–H and O–H groups in total. The van der Waals surface area contributed by atoms with Crippen LogP contribution in [0.1, 0.15) is 21.6 Å². The summed E-state index contributed by atoms with van der Waals surface area (Å²) in [5.41, 5.74) is 4.37.